The van der Waals surface area contributed by atoms with Gasteiger partial charge in [-0.15, -0.1) is 0 Å². The maximum absolute atomic E-state index is 8.62. The molecule has 1 aromatic carbocycles. The predicted octanol–water partition coefficient (Wildman–Crippen LogP) is 2.32. The molecule has 3 heteroatoms. The first-order valence-corrected chi connectivity index (χ1v) is 7.52. The molecule has 17 heavy (non-hydrogen) atoms. The van der Waals surface area contributed by atoms with Gasteiger partial charge in [-0.3, -0.25) is 0 Å². The summed E-state index contributed by atoms with van der Waals surface area (Å²) in [6, 6.07) is 10.6. The molecule has 0 radical (unpaired) electrons. The molecule has 1 aromatic rings. The molecule has 0 fully saturated rings. The van der Waals surface area contributed by atoms with E-state index in [1.165, 1.54) is 12.0 Å². The van der Waals surface area contributed by atoms with E-state index in [4.69, 9.17) is 5.11 Å². The number of nitrogens with one attached hydrogen (secondary N) is 1. The van der Waals surface area contributed by atoms with Crippen LogP contribution in [0.25, 0.3) is 0 Å². The summed E-state index contributed by atoms with van der Waals surface area (Å²) in [5, 5.41) is 12.1. The highest BCUT2D eigenvalue weighted by Crippen LogP contribution is 2.02. The Morgan fingerprint density at radius 2 is 1.82 bits per heavy atom. The molecule has 0 unspecified atom stereocenters. The molecule has 2 nitrogen and oxygen atoms in total. The minimum Gasteiger partial charge on any atom is -0.396 e. The topological polar surface area (TPSA) is 32.3 Å². The van der Waals surface area contributed by atoms with Crippen LogP contribution in [0.2, 0.25) is 0 Å². The second kappa shape index (κ2) is 10.6. The Morgan fingerprint density at radius 1 is 1.00 bits per heavy atom. The van der Waals surface area contributed by atoms with Crippen LogP contribution in [0.1, 0.15) is 18.4 Å². The van der Waals surface area contributed by atoms with Gasteiger partial charge in [0.1, 0.15) is 0 Å². The molecule has 0 amide bonds. The number of thioether (sulfide) groups is 1. The van der Waals surface area contributed by atoms with Crippen molar-refractivity contribution < 1.29 is 5.11 Å². The van der Waals surface area contributed by atoms with Gasteiger partial charge in [-0.25, -0.2) is 0 Å². The van der Waals surface area contributed by atoms with Gasteiger partial charge < -0.3 is 10.4 Å². The second-order valence-electron chi connectivity index (χ2n) is 4.03. The first kappa shape index (κ1) is 14.6. The van der Waals surface area contributed by atoms with E-state index in [1.54, 1.807) is 0 Å². The molecular formula is C14H23NOS. The molecule has 0 aromatic heterocycles. The average molecular weight is 253 g/mol. The lowest BCUT2D eigenvalue weighted by Gasteiger charge is -2.04. The van der Waals surface area contributed by atoms with Crippen LogP contribution in [0.4, 0.5) is 0 Å². The molecule has 0 spiro atoms. The lowest BCUT2D eigenvalue weighted by Crippen LogP contribution is -2.19. The monoisotopic (exact) mass is 253 g/mol. The van der Waals surface area contributed by atoms with Crippen molar-refractivity contribution in [2.75, 3.05) is 31.2 Å². The first-order chi connectivity index (χ1) is 8.43. The highest BCUT2D eigenvalue weighted by Gasteiger charge is 1.92. The van der Waals surface area contributed by atoms with Crippen LogP contribution in [0, 0.1) is 0 Å². The summed E-state index contributed by atoms with van der Waals surface area (Å²) in [7, 11) is 0. The normalized spacial score (nSPS) is 10.6. The molecule has 96 valence electrons. The van der Waals surface area contributed by atoms with Crippen LogP contribution in [0.5, 0.6) is 0 Å². The third-order valence-corrected chi connectivity index (χ3v) is 3.60. The van der Waals surface area contributed by atoms with Crippen molar-refractivity contribution in [2.45, 2.75) is 19.3 Å². The fourth-order valence-corrected chi connectivity index (χ4v) is 2.43. The van der Waals surface area contributed by atoms with Gasteiger partial charge in [-0.05, 0) is 37.1 Å². The van der Waals surface area contributed by atoms with Gasteiger partial charge in [0.15, 0.2) is 0 Å². The highest BCUT2D eigenvalue weighted by molar-refractivity contribution is 7.99. The minimum atomic E-state index is 0.317. The summed E-state index contributed by atoms with van der Waals surface area (Å²) in [5.74, 6) is 2.22. The number of hydrogen-bond donors (Lipinski definition) is 2. The molecule has 0 saturated carbocycles. The van der Waals surface area contributed by atoms with Gasteiger partial charge in [-0.2, -0.15) is 11.8 Å². The van der Waals surface area contributed by atoms with E-state index in [1.807, 2.05) is 11.8 Å². The van der Waals surface area contributed by atoms with Crippen LogP contribution in [0.3, 0.4) is 0 Å². The third-order valence-electron chi connectivity index (χ3n) is 2.53. The number of aliphatic hydroxyl groups is 1. The smallest absolute Gasteiger partial charge is 0.0438 e. The number of hydrogen-bond acceptors (Lipinski definition) is 3. The molecule has 0 aliphatic heterocycles. The zero-order chi connectivity index (χ0) is 12.2. The number of aliphatic hydroxyl groups excluding tert-OH is 1. The van der Waals surface area contributed by atoms with E-state index in [2.05, 4.69) is 35.6 Å². The van der Waals surface area contributed by atoms with E-state index < -0.39 is 0 Å². The van der Waals surface area contributed by atoms with E-state index >= 15 is 0 Å². The molecule has 2 N–H and O–H groups in total. The number of rotatable bonds is 10. The SMILES string of the molecule is OCCCSCCNCCCc1ccccc1. The molecule has 0 aliphatic carbocycles. The Hall–Kier alpha value is -0.510. The lowest BCUT2D eigenvalue weighted by molar-refractivity contribution is 0.296. The largest absolute Gasteiger partial charge is 0.396 e. The van der Waals surface area contributed by atoms with Gasteiger partial charge in [0.25, 0.3) is 0 Å². The number of aryl methyl sites for hydroxylation is 1. The minimum absolute atomic E-state index is 0.317. The fourth-order valence-electron chi connectivity index (χ4n) is 1.60. The average Bonchev–Trinajstić information content (AvgIpc) is 2.38. The molecule has 0 atom stereocenters. The van der Waals surface area contributed by atoms with Crippen molar-refractivity contribution in [3.63, 3.8) is 0 Å². The molecule has 0 bridgehead atoms. The standard InChI is InChI=1S/C14H23NOS/c16-11-5-12-17-13-10-15-9-4-8-14-6-2-1-3-7-14/h1-3,6-7,15-16H,4-5,8-13H2. The van der Waals surface area contributed by atoms with Crippen molar-refractivity contribution >= 4 is 11.8 Å². The third kappa shape index (κ3) is 8.25. The Balaban J connectivity index is 1.85. The van der Waals surface area contributed by atoms with Crippen LogP contribution in [-0.2, 0) is 6.42 Å². The molecular weight excluding hydrogens is 230 g/mol. The van der Waals surface area contributed by atoms with Crippen LogP contribution < -0.4 is 5.32 Å². The summed E-state index contributed by atoms with van der Waals surface area (Å²) in [4.78, 5) is 0. The molecule has 0 saturated heterocycles. The van der Waals surface area contributed by atoms with E-state index in [0.717, 1.165) is 37.4 Å². The van der Waals surface area contributed by atoms with Gasteiger partial charge >= 0.3 is 0 Å². The molecule has 0 heterocycles. The lowest BCUT2D eigenvalue weighted by atomic mass is 10.1. The fraction of sp³-hybridized carbons (Fsp3) is 0.571. The Labute approximate surface area is 109 Å². The summed E-state index contributed by atoms with van der Waals surface area (Å²) >= 11 is 1.91. The summed E-state index contributed by atoms with van der Waals surface area (Å²) < 4.78 is 0. The summed E-state index contributed by atoms with van der Waals surface area (Å²) in [5.41, 5.74) is 1.42. The first-order valence-electron chi connectivity index (χ1n) is 6.36. The van der Waals surface area contributed by atoms with E-state index in [0.29, 0.717) is 6.61 Å². The van der Waals surface area contributed by atoms with Crippen molar-refractivity contribution in [3.8, 4) is 0 Å². The second-order valence-corrected chi connectivity index (χ2v) is 5.25. The quantitative estimate of drug-likeness (QED) is 0.628. The van der Waals surface area contributed by atoms with Crippen molar-refractivity contribution in [1.29, 1.82) is 0 Å². The Kier molecular flexibility index (Phi) is 9.10. The van der Waals surface area contributed by atoms with E-state index in [-0.39, 0.29) is 0 Å². The molecule has 0 aliphatic rings. The van der Waals surface area contributed by atoms with Crippen molar-refractivity contribution in [2.24, 2.45) is 0 Å². The summed E-state index contributed by atoms with van der Waals surface area (Å²) in [6.45, 7) is 2.48. The van der Waals surface area contributed by atoms with Crippen LogP contribution >= 0.6 is 11.8 Å². The van der Waals surface area contributed by atoms with Crippen molar-refractivity contribution in [3.05, 3.63) is 35.9 Å². The van der Waals surface area contributed by atoms with Gasteiger partial charge in [0.2, 0.25) is 0 Å². The zero-order valence-electron chi connectivity index (χ0n) is 10.4. The van der Waals surface area contributed by atoms with Crippen LogP contribution in [-0.4, -0.2) is 36.3 Å². The van der Waals surface area contributed by atoms with Crippen molar-refractivity contribution in [1.82, 2.24) is 5.32 Å². The van der Waals surface area contributed by atoms with E-state index in [9.17, 15) is 0 Å². The van der Waals surface area contributed by atoms with Crippen LogP contribution in [0.15, 0.2) is 30.3 Å². The van der Waals surface area contributed by atoms with Gasteiger partial charge in [0.05, 0.1) is 0 Å². The maximum Gasteiger partial charge on any atom is 0.0438 e. The highest BCUT2D eigenvalue weighted by atomic mass is 32.2. The Morgan fingerprint density at radius 3 is 2.59 bits per heavy atom. The summed E-state index contributed by atoms with van der Waals surface area (Å²) in [6.07, 6.45) is 3.27. The number of benzene rings is 1. The van der Waals surface area contributed by atoms with Gasteiger partial charge in [-0.1, -0.05) is 30.3 Å². The molecule has 1 rings (SSSR count). The zero-order valence-corrected chi connectivity index (χ0v) is 11.2. The Bertz CT molecular complexity index is 266. The predicted molar refractivity (Wildman–Crippen MR) is 76.7 cm³/mol. The maximum atomic E-state index is 8.62. The van der Waals surface area contributed by atoms with Gasteiger partial charge in [0, 0.05) is 18.9 Å².